The van der Waals surface area contributed by atoms with Crippen molar-refractivity contribution < 1.29 is 14.7 Å². The van der Waals surface area contributed by atoms with Crippen LogP contribution in [0.2, 0.25) is 0 Å². The predicted molar refractivity (Wildman–Crippen MR) is 87.1 cm³/mol. The zero-order valence-corrected chi connectivity index (χ0v) is 14.1. The Bertz CT molecular complexity index is 624. The lowest BCUT2D eigenvalue weighted by Crippen LogP contribution is -2.48. The molecule has 1 N–H and O–H groups in total. The minimum Gasteiger partial charge on any atom is -0.733 e. The Balaban J connectivity index is 1.81. The molecule has 0 spiro atoms. The number of esters is 1. The summed E-state index contributed by atoms with van der Waals surface area (Å²) in [5.74, 6) is 0.204. The molecule has 1 aromatic carbocycles. The molecule has 0 heterocycles. The second-order valence-electron chi connectivity index (χ2n) is 7.93. The van der Waals surface area contributed by atoms with Crippen LogP contribution in [-0.4, -0.2) is 16.8 Å². The van der Waals surface area contributed by atoms with Crippen LogP contribution in [0.3, 0.4) is 0 Å². The van der Waals surface area contributed by atoms with Crippen molar-refractivity contribution in [2.45, 2.75) is 52.6 Å². The minimum atomic E-state index is -0.475. The molecule has 3 rings (SSSR count). The summed E-state index contributed by atoms with van der Waals surface area (Å²) in [5.41, 5.74) is 0.126. The maximum absolute atomic E-state index is 12.5. The van der Waals surface area contributed by atoms with Crippen LogP contribution in [0.5, 0.6) is 0 Å². The largest absolute Gasteiger partial charge is 0.733 e. The van der Waals surface area contributed by atoms with Crippen molar-refractivity contribution >= 4 is 11.7 Å². The van der Waals surface area contributed by atoms with Gasteiger partial charge in [-0.25, -0.2) is 4.79 Å². The molecule has 2 saturated carbocycles. The average molecular weight is 318 g/mol. The highest BCUT2D eigenvalue weighted by molar-refractivity contribution is 5.90. The van der Waals surface area contributed by atoms with Gasteiger partial charge in [0.2, 0.25) is 0 Å². The molecule has 0 aromatic heterocycles. The topological polar surface area (TPSA) is 72.8 Å². The summed E-state index contributed by atoms with van der Waals surface area (Å²) in [5, 5.41) is 19.4. The SMILES string of the molecule is CC1(C)[C@H]2CC[C@@]1(C)[C@](C)(OC(=O)c1ccc(N([O-])O)cc1)C2. The van der Waals surface area contributed by atoms with E-state index in [1.54, 1.807) is 0 Å². The monoisotopic (exact) mass is 318 g/mol. The number of hydrogen-bond acceptors (Lipinski definition) is 5. The molecule has 2 aliphatic carbocycles. The van der Waals surface area contributed by atoms with Gasteiger partial charge in [-0.1, -0.05) is 20.8 Å². The molecular formula is C18H24NO4-. The molecule has 0 unspecified atom stereocenters. The molecule has 2 aliphatic rings. The van der Waals surface area contributed by atoms with Crippen LogP contribution >= 0.6 is 0 Å². The number of benzene rings is 1. The van der Waals surface area contributed by atoms with Gasteiger partial charge in [-0.05, 0) is 61.8 Å². The quantitative estimate of drug-likeness (QED) is 0.669. The van der Waals surface area contributed by atoms with Gasteiger partial charge in [0.15, 0.2) is 0 Å². The van der Waals surface area contributed by atoms with Gasteiger partial charge in [0, 0.05) is 5.41 Å². The van der Waals surface area contributed by atoms with E-state index in [-0.39, 0.29) is 27.7 Å². The van der Waals surface area contributed by atoms with E-state index in [0.29, 0.717) is 11.5 Å². The van der Waals surface area contributed by atoms with Gasteiger partial charge in [0.25, 0.3) is 0 Å². The molecule has 5 heteroatoms. The molecule has 3 atom stereocenters. The van der Waals surface area contributed by atoms with Crippen molar-refractivity contribution in [3.8, 4) is 0 Å². The van der Waals surface area contributed by atoms with E-state index in [9.17, 15) is 10.0 Å². The minimum absolute atomic E-state index is 0.0306. The molecule has 1 aromatic rings. The molecule has 2 bridgehead atoms. The zero-order chi connectivity index (χ0) is 17.0. The Hall–Kier alpha value is -1.59. The first-order valence-electron chi connectivity index (χ1n) is 8.10. The Kier molecular flexibility index (Phi) is 3.50. The van der Waals surface area contributed by atoms with Crippen molar-refractivity contribution in [3.05, 3.63) is 35.0 Å². The number of carbonyl (C=O) groups is 1. The van der Waals surface area contributed by atoms with Gasteiger partial charge < -0.3 is 15.2 Å². The summed E-state index contributed by atoms with van der Waals surface area (Å²) in [6, 6.07) is 5.81. The highest BCUT2D eigenvalue weighted by atomic mass is 16.8. The Labute approximate surface area is 136 Å². The highest BCUT2D eigenvalue weighted by Crippen LogP contribution is 2.70. The van der Waals surface area contributed by atoms with Gasteiger partial charge in [-0.2, -0.15) is 0 Å². The van der Waals surface area contributed by atoms with Crippen LogP contribution < -0.4 is 5.23 Å². The van der Waals surface area contributed by atoms with Crippen molar-refractivity contribution in [2.75, 3.05) is 5.23 Å². The van der Waals surface area contributed by atoms with E-state index in [1.807, 2.05) is 6.92 Å². The van der Waals surface area contributed by atoms with Crippen molar-refractivity contribution in [3.63, 3.8) is 0 Å². The fraction of sp³-hybridized carbons (Fsp3) is 0.611. The number of anilines is 1. The summed E-state index contributed by atoms with van der Waals surface area (Å²) in [4.78, 5) is 12.5. The van der Waals surface area contributed by atoms with Gasteiger partial charge in [0.05, 0.1) is 11.3 Å². The maximum atomic E-state index is 12.5. The fourth-order valence-electron chi connectivity index (χ4n) is 4.74. The third-order valence-corrected chi connectivity index (χ3v) is 6.88. The van der Waals surface area contributed by atoms with Crippen LogP contribution in [-0.2, 0) is 4.74 Å². The molecule has 2 fully saturated rings. The molecule has 0 amide bonds. The summed E-state index contributed by atoms with van der Waals surface area (Å²) in [7, 11) is 0. The first-order valence-corrected chi connectivity index (χ1v) is 8.10. The van der Waals surface area contributed by atoms with E-state index in [2.05, 4.69) is 20.8 Å². The third-order valence-electron chi connectivity index (χ3n) is 6.88. The van der Waals surface area contributed by atoms with Gasteiger partial charge >= 0.3 is 5.97 Å². The lowest BCUT2D eigenvalue weighted by Gasteiger charge is -2.45. The van der Waals surface area contributed by atoms with Gasteiger partial charge in [0.1, 0.15) is 5.60 Å². The number of ether oxygens (including phenoxy) is 1. The molecule has 126 valence electrons. The maximum Gasteiger partial charge on any atom is 0.338 e. The van der Waals surface area contributed by atoms with Crippen LogP contribution in [0.25, 0.3) is 0 Å². The van der Waals surface area contributed by atoms with E-state index >= 15 is 0 Å². The smallest absolute Gasteiger partial charge is 0.338 e. The lowest BCUT2D eigenvalue weighted by molar-refractivity contribution is -0.0908. The van der Waals surface area contributed by atoms with Crippen molar-refractivity contribution in [2.24, 2.45) is 16.7 Å². The van der Waals surface area contributed by atoms with Gasteiger partial charge in [-0.3, -0.25) is 5.21 Å². The second-order valence-corrected chi connectivity index (χ2v) is 7.93. The number of rotatable bonds is 3. The lowest BCUT2D eigenvalue weighted by atomic mass is 9.65. The number of fused-ring (bicyclic) bond motifs is 2. The van der Waals surface area contributed by atoms with Crippen LogP contribution in [0.4, 0.5) is 5.69 Å². The first kappa shape index (κ1) is 16.3. The third kappa shape index (κ3) is 2.17. The van der Waals surface area contributed by atoms with E-state index < -0.39 is 5.60 Å². The molecule has 0 aliphatic heterocycles. The number of hydrogen-bond donors (Lipinski definition) is 1. The van der Waals surface area contributed by atoms with E-state index in [4.69, 9.17) is 9.94 Å². The average Bonchev–Trinajstić information content (AvgIpc) is 2.79. The molecular weight excluding hydrogens is 294 g/mol. The normalized spacial score (nSPS) is 34.4. The Morgan fingerprint density at radius 1 is 1.26 bits per heavy atom. The standard InChI is InChI=1S/C18H24NO4/c1-16(2)13-9-10-17(16,3)18(4,11-13)23-15(20)12-5-7-14(8-6-12)19(21)22/h5-8,13,21H,9-11H2,1-4H3/q-1/t13-,17+,18+/m0/s1. The Morgan fingerprint density at radius 3 is 2.30 bits per heavy atom. The summed E-state index contributed by atoms with van der Waals surface area (Å²) in [6.07, 6.45) is 3.16. The van der Waals surface area contributed by atoms with Gasteiger partial charge in [-0.15, -0.1) is 0 Å². The van der Waals surface area contributed by atoms with E-state index in [1.165, 1.54) is 30.7 Å². The van der Waals surface area contributed by atoms with Crippen molar-refractivity contribution in [1.29, 1.82) is 0 Å². The summed E-state index contributed by atoms with van der Waals surface area (Å²) in [6.45, 7) is 8.84. The van der Waals surface area contributed by atoms with E-state index in [0.717, 1.165) is 12.8 Å². The molecule has 0 saturated heterocycles. The van der Waals surface area contributed by atoms with Crippen LogP contribution in [0.1, 0.15) is 57.3 Å². The number of nitrogens with zero attached hydrogens (tertiary/aromatic N) is 1. The van der Waals surface area contributed by atoms with Crippen LogP contribution in [0.15, 0.2) is 24.3 Å². The number of carbonyl (C=O) groups excluding carboxylic acids is 1. The second kappa shape index (κ2) is 4.95. The fourth-order valence-corrected chi connectivity index (χ4v) is 4.74. The predicted octanol–water partition coefficient (Wildman–Crippen LogP) is 4.14. The zero-order valence-electron chi connectivity index (χ0n) is 14.1. The highest BCUT2D eigenvalue weighted by Gasteiger charge is 2.68. The molecule has 5 nitrogen and oxygen atoms in total. The molecule has 23 heavy (non-hydrogen) atoms. The Morgan fingerprint density at radius 2 is 1.87 bits per heavy atom. The first-order chi connectivity index (χ1) is 10.6. The summed E-state index contributed by atoms with van der Waals surface area (Å²) < 4.78 is 5.96. The molecule has 0 radical (unpaired) electrons. The van der Waals surface area contributed by atoms with Crippen LogP contribution in [0, 0.1) is 22.0 Å². The van der Waals surface area contributed by atoms with Crippen molar-refractivity contribution in [1.82, 2.24) is 0 Å². The summed E-state index contributed by atoms with van der Waals surface area (Å²) >= 11 is 0.